The Balaban J connectivity index is 2.63. The van der Waals surface area contributed by atoms with E-state index >= 15 is 0 Å². The largest absolute Gasteiger partial charge is 0.331 e. The average Bonchev–Trinajstić information content (AvgIpc) is 2.37. The van der Waals surface area contributed by atoms with E-state index in [-0.39, 0.29) is 10.9 Å². The Morgan fingerprint density at radius 1 is 1.10 bits per heavy atom. The number of hydrogen-bond donors (Lipinski definition) is 1. The SMILES string of the molecule is CN(C)C(=O)Nc1cccc2c(S(=O)(=O)Cl)cccc12. The minimum Gasteiger partial charge on any atom is -0.331 e. The van der Waals surface area contributed by atoms with Crippen LogP contribution in [-0.2, 0) is 9.05 Å². The number of carbonyl (C=O) groups excluding carboxylic acids is 1. The van der Waals surface area contributed by atoms with Crippen LogP contribution in [0.5, 0.6) is 0 Å². The maximum atomic E-state index is 11.7. The summed E-state index contributed by atoms with van der Waals surface area (Å²) < 4.78 is 23.1. The molecule has 5 nitrogen and oxygen atoms in total. The first kappa shape index (κ1) is 14.6. The molecule has 0 saturated heterocycles. The summed E-state index contributed by atoms with van der Waals surface area (Å²) in [5, 5.41) is 3.80. The second-order valence-electron chi connectivity index (χ2n) is 4.42. The van der Waals surface area contributed by atoms with E-state index in [2.05, 4.69) is 5.32 Å². The van der Waals surface area contributed by atoms with Crippen molar-refractivity contribution in [3.8, 4) is 0 Å². The van der Waals surface area contributed by atoms with Crippen molar-refractivity contribution in [1.29, 1.82) is 0 Å². The van der Waals surface area contributed by atoms with Gasteiger partial charge in [0.25, 0.3) is 9.05 Å². The Morgan fingerprint density at radius 2 is 1.70 bits per heavy atom. The zero-order chi connectivity index (χ0) is 14.9. The van der Waals surface area contributed by atoms with Gasteiger partial charge in [0, 0.05) is 35.6 Å². The van der Waals surface area contributed by atoms with Crippen molar-refractivity contribution in [3.63, 3.8) is 0 Å². The molecule has 0 heterocycles. The molecule has 2 amide bonds. The van der Waals surface area contributed by atoms with E-state index < -0.39 is 9.05 Å². The molecule has 0 unspecified atom stereocenters. The van der Waals surface area contributed by atoms with Gasteiger partial charge in [-0.1, -0.05) is 24.3 Å². The highest BCUT2D eigenvalue weighted by Gasteiger charge is 2.15. The van der Waals surface area contributed by atoms with Crippen LogP contribution >= 0.6 is 10.7 Å². The number of hydrogen-bond acceptors (Lipinski definition) is 3. The molecule has 2 aromatic carbocycles. The van der Waals surface area contributed by atoms with Crippen molar-refractivity contribution in [2.75, 3.05) is 19.4 Å². The molecule has 1 N–H and O–H groups in total. The summed E-state index contributed by atoms with van der Waals surface area (Å²) in [4.78, 5) is 13.1. The van der Waals surface area contributed by atoms with E-state index in [4.69, 9.17) is 10.7 Å². The number of amides is 2. The number of nitrogens with zero attached hydrogens (tertiary/aromatic N) is 1. The molecule has 0 aliphatic carbocycles. The number of halogens is 1. The van der Waals surface area contributed by atoms with Crippen LogP contribution in [0.2, 0.25) is 0 Å². The molecule has 0 aliphatic heterocycles. The average molecular weight is 313 g/mol. The molecule has 0 saturated carbocycles. The van der Waals surface area contributed by atoms with Crippen molar-refractivity contribution < 1.29 is 13.2 Å². The summed E-state index contributed by atoms with van der Waals surface area (Å²) in [6.45, 7) is 0. The Hall–Kier alpha value is -1.79. The fourth-order valence-electron chi connectivity index (χ4n) is 1.83. The fraction of sp³-hybridized carbons (Fsp3) is 0.154. The predicted molar refractivity (Wildman–Crippen MR) is 79.7 cm³/mol. The molecule has 20 heavy (non-hydrogen) atoms. The molecule has 2 aromatic rings. The van der Waals surface area contributed by atoms with Crippen LogP contribution in [0.3, 0.4) is 0 Å². The van der Waals surface area contributed by atoms with E-state index in [1.807, 2.05) is 0 Å². The zero-order valence-electron chi connectivity index (χ0n) is 10.9. The van der Waals surface area contributed by atoms with Gasteiger partial charge in [0.15, 0.2) is 0 Å². The first-order valence-corrected chi connectivity index (χ1v) is 8.06. The number of urea groups is 1. The zero-order valence-corrected chi connectivity index (χ0v) is 12.5. The molecule has 0 spiro atoms. The maximum Gasteiger partial charge on any atom is 0.321 e. The van der Waals surface area contributed by atoms with Gasteiger partial charge in [-0.15, -0.1) is 0 Å². The monoisotopic (exact) mass is 312 g/mol. The lowest BCUT2D eigenvalue weighted by Crippen LogP contribution is -2.27. The number of benzene rings is 2. The van der Waals surface area contributed by atoms with Crippen LogP contribution in [0.4, 0.5) is 10.5 Å². The van der Waals surface area contributed by atoms with Gasteiger partial charge in [0.2, 0.25) is 0 Å². The van der Waals surface area contributed by atoms with Gasteiger partial charge in [-0.05, 0) is 12.1 Å². The van der Waals surface area contributed by atoms with E-state index in [1.54, 1.807) is 44.4 Å². The predicted octanol–water partition coefficient (Wildman–Crippen LogP) is 2.86. The Kier molecular flexibility index (Phi) is 3.87. The van der Waals surface area contributed by atoms with Gasteiger partial charge in [0.1, 0.15) is 0 Å². The standard InChI is InChI=1S/C13H13ClN2O3S/c1-16(2)13(17)15-11-7-3-6-10-9(11)5-4-8-12(10)20(14,18)19/h3-8H,1-2H3,(H,15,17). The highest BCUT2D eigenvalue weighted by molar-refractivity contribution is 8.14. The number of fused-ring (bicyclic) bond motifs is 1. The molecular weight excluding hydrogens is 300 g/mol. The molecule has 0 fully saturated rings. The maximum absolute atomic E-state index is 11.7. The van der Waals surface area contributed by atoms with Gasteiger partial charge in [-0.25, -0.2) is 13.2 Å². The van der Waals surface area contributed by atoms with Crippen molar-refractivity contribution in [1.82, 2.24) is 4.90 Å². The third-order valence-corrected chi connectivity index (χ3v) is 4.17. The molecule has 106 valence electrons. The summed E-state index contributed by atoms with van der Waals surface area (Å²) >= 11 is 0. The lowest BCUT2D eigenvalue weighted by molar-refractivity contribution is 0.231. The van der Waals surface area contributed by atoms with Crippen LogP contribution in [0.1, 0.15) is 0 Å². The lowest BCUT2D eigenvalue weighted by Gasteiger charge is -2.14. The minimum atomic E-state index is -3.84. The molecule has 0 aromatic heterocycles. The van der Waals surface area contributed by atoms with Gasteiger partial charge >= 0.3 is 6.03 Å². The summed E-state index contributed by atoms with van der Waals surface area (Å²) in [6.07, 6.45) is 0. The second-order valence-corrected chi connectivity index (χ2v) is 6.95. The fourth-order valence-corrected chi connectivity index (χ4v) is 2.92. The molecule has 7 heteroatoms. The van der Waals surface area contributed by atoms with Crippen molar-refractivity contribution in [3.05, 3.63) is 36.4 Å². The van der Waals surface area contributed by atoms with E-state index in [0.29, 0.717) is 16.5 Å². The lowest BCUT2D eigenvalue weighted by atomic mass is 10.1. The number of carbonyl (C=O) groups is 1. The van der Waals surface area contributed by atoms with E-state index in [0.717, 1.165) is 0 Å². The molecular formula is C13H13ClN2O3S. The van der Waals surface area contributed by atoms with E-state index in [9.17, 15) is 13.2 Å². The number of rotatable bonds is 2. The summed E-state index contributed by atoms with van der Waals surface area (Å²) in [7, 11) is 4.82. The Bertz CT molecular complexity index is 772. The quantitative estimate of drug-likeness (QED) is 0.867. The molecule has 0 radical (unpaired) electrons. The normalized spacial score (nSPS) is 11.3. The number of nitrogens with one attached hydrogen (secondary N) is 1. The van der Waals surface area contributed by atoms with Crippen LogP contribution < -0.4 is 5.32 Å². The van der Waals surface area contributed by atoms with Crippen LogP contribution in [0.15, 0.2) is 41.3 Å². The van der Waals surface area contributed by atoms with Crippen molar-refractivity contribution >= 4 is 42.2 Å². The van der Waals surface area contributed by atoms with Crippen molar-refractivity contribution in [2.24, 2.45) is 0 Å². The topological polar surface area (TPSA) is 66.5 Å². The van der Waals surface area contributed by atoms with Gasteiger partial charge in [-0.3, -0.25) is 0 Å². The number of anilines is 1. The summed E-state index contributed by atoms with van der Waals surface area (Å²) in [5.41, 5.74) is 0.531. The van der Waals surface area contributed by atoms with Crippen LogP contribution in [-0.4, -0.2) is 33.4 Å². The molecule has 0 atom stereocenters. The summed E-state index contributed by atoms with van der Waals surface area (Å²) in [5.74, 6) is 0. The van der Waals surface area contributed by atoms with Gasteiger partial charge in [0.05, 0.1) is 10.6 Å². The third kappa shape index (κ3) is 2.86. The third-order valence-electron chi connectivity index (χ3n) is 2.79. The van der Waals surface area contributed by atoms with Crippen molar-refractivity contribution in [2.45, 2.75) is 4.90 Å². The first-order chi connectivity index (χ1) is 9.30. The molecule has 0 bridgehead atoms. The molecule has 2 rings (SSSR count). The minimum absolute atomic E-state index is 0.0256. The highest BCUT2D eigenvalue weighted by atomic mass is 35.7. The summed E-state index contributed by atoms with van der Waals surface area (Å²) in [6, 6.07) is 9.47. The highest BCUT2D eigenvalue weighted by Crippen LogP contribution is 2.30. The Labute approximate surface area is 121 Å². The van der Waals surface area contributed by atoms with Crippen LogP contribution in [0, 0.1) is 0 Å². The van der Waals surface area contributed by atoms with E-state index in [1.165, 1.54) is 11.0 Å². The Morgan fingerprint density at radius 3 is 2.30 bits per heavy atom. The first-order valence-electron chi connectivity index (χ1n) is 5.75. The van der Waals surface area contributed by atoms with Gasteiger partial charge < -0.3 is 10.2 Å². The van der Waals surface area contributed by atoms with Gasteiger partial charge in [-0.2, -0.15) is 0 Å². The van der Waals surface area contributed by atoms with Crippen LogP contribution in [0.25, 0.3) is 10.8 Å². The second kappa shape index (κ2) is 5.30. The smallest absolute Gasteiger partial charge is 0.321 e. The molecule has 0 aliphatic rings.